The van der Waals surface area contributed by atoms with Crippen molar-refractivity contribution < 1.29 is 37.3 Å². The highest BCUT2D eigenvalue weighted by Crippen LogP contribution is 2.38. The molecule has 0 saturated heterocycles. The molecule has 0 radical (unpaired) electrons. The number of carbonyl (C=O) groups excluding carboxylic acids is 1. The SMILES string of the molecule is CC(C)Oc1ccc(-n2c(C(=O)NC(C)(C)C(=O)O)c(Cl)c3cc(Oc4ccc(C(F)(F)F)cc4)ccc32)cc1. The molecule has 0 saturated carbocycles. The number of ether oxygens (including phenoxy) is 2. The lowest BCUT2D eigenvalue weighted by Crippen LogP contribution is -2.50. The predicted molar refractivity (Wildman–Crippen MR) is 145 cm³/mol. The number of hydrogen-bond acceptors (Lipinski definition) is 4. The number of aromatic nitrogens is 1. The van der Waals surface area contributed by atoms with Crippen molar-refractivity contribution >= 4 is 34.4 Å². The molecule has 0 fully saturated rings. The number of carbonyl (C=O) groups is 2. The minimum atomic E-state index is -4.47. The highest BCUT2D eigenvalue weighted by Gasteiger charge is 2.33. The number of nitrogens with one attached hydrogen (secondary N) is 1. The molecular weight excluding hydrogens is 549 g/mol. The van der Waals surface area contributed by atoms with E-state index in [0.29, 0.717) is 22.3 Å². The Hall–Kier alpha value is -4.18. The molecule has 2 N–H and O–H groups in total. The molecule has 11 heteroatoms. The van der Waals surface area contributed by atoms with E-state index in [1.807, 2.05) is 13.8 Å². The van der Waals surface area contributed by atoms with Gasteiger partial charge in [0.05, 0.1) is 22.2 Å². The van der Waals surface area contributed by atoms with Gasteiger partial charge in [0, 0.05) is 11.1 Å². The van der Waals surface area contributed by atoms with Crippen molar-refractivity contribution in [3.05, 3.63) is 83.0 Å². The van der Waals surface area contributed by atoms with Crippen LogP contribution in [0.5, 0.6) is 17.2 Å². The molecule has 4 rings (SSSR count). The van der Waals surface area contributed by atoms with Crippen LogP contribution < -0.4 is 14.8 Å². The van der Waals surface area contributed by atoms with Gasteiger partial charge >= 0.3 is 12.1 Å². The fourth-order valence-corrected chi connectivity index (χ4v) is 4.28. The summed E-state index contributed by atoms with van der Waals surface area (Å²) in [6, 6.07) is 16.0. The minimum absolute atomic E-state index is 0.00444. The quantitative estimate of drug-likeness (QED) is 0.228. The molecule has 0 aliphatic carbocycles. The second-order valence-corrected chi connectivity index (χ2v) is 10.2. The Morgan fingerprint density at radius 1 is 0.925 bits per heavy atom. The summed E-state index contributed by atoms with van der Waals surface area (Å²) in [5.74, 6) is -0.899. The number of halogens is 4. The molecule has 0 unspecified atom stereocenters. The van der Waals surface area contributed by atoms with Gasteiger partial charge in [0.1, 0.15) is 28.5 Å². The van der Waals surface area contributed by atoms with E-state index >= 15 is 0 Å². The normalized spacial score (nSPS) is 12.0. The molecular formula is C29H26ClF3N2O5. The molecule has 3 aromatic carbocycles. The van der Waals surface area contributed by atoms with Gasteiger partial charge in [-0.2, -0.15) is 13.2 Å². The molecule has 4 aromatic rings. The van der Waals surface area contributed by atoms with E-state index in [9.17, 15) is 27.9 Å². The summed E-state index contributed by atoms with van der Waals surface area (Å²) < 4.78 is 51.8. The average molecular weight is 575 g/mol. The van der Waals surface area contributed by atoms with E-state index in [4.69, 9.17) is 21.1 Å². The van der Waals surface area contributed by atoms with Gasteiger partial charge in [0.15, 0.2) is 0 Å². The van der Waals surface area contributed by atoms with Crippen LogP contribution in [-0.2, 0) is 11.0 Å². The number of rotatable bonds is 8. The first-order valence-electron chi connectivity index (χ1n) is 12.2. The number of carboxylic acids is 1. The first kappa shape index (κ1) is 28.8. The fourth-order valence-electron chi connectivity index (χ4n) is 3.96. The lowest BCUT2D eigenvalue weighted by atomic mass is 10.1. The molecule has 0 aliphatic rings. The molecule has 0 atom stereocenters. The molecule has 210 valence electrons. The smallest absolute Gasteiger partial charge is 0.416 e. The summed E-state index contributed by atoms with van der Waals surface area (Å²) in [6.45, 7) is 6.48. The van der Waals surface area contributed by atoms with Crippen LogP contribution in [0.3, 0.4) is 0 Å². The number of alkyl halides is 3. The Morgan fingerprint density at radius 3 is 2.05 bits per heavy atom. The molecule has 1 heterocycles. The van der Waals surface area contributed by atoms with Gasteiger partial charge in [-0.1, -0.05) is 11.6 Å². The monoisotopic (exact) mass is 574 g/mol. The highest BCUT2D eigenvalue weighted by atomic mass is 35.5. The maximum atomic E-state index is 13.4. The van der Waals surface area contributed by atoms with Gasteiger partial charge in [0.25, 0.3) is 5.91 Å². The van der Waals surface area contributed by atoms with Gasteiger partial charge in [-0.05, 0) is 94.4 Å². The Balaban J connectivity index is 1.79. The first-order valence-corrected chi connectivity index (χ1v) is 12.6. The van der Waals surface area contributed by atoms with Crippen LogP contribution in [0.15, 0.2) is 66.7 Å². The van der Waals surface area contributed by atoms with E-state index < -0.39 is 29.2 Å². The predicted octanol–water partition coefficient (Wildman–Crippen LogP) is 7.48. The van der Waals surface area contributed by atoms with Crippen LogP contribution >= 0.6 is 11.6 Å². The van der Waals surface area contributed by atoms with Crippen molar-refractivity contribution in [2.45, 2.75) is 45.5 Å². The second kappa shape index (κ2) is 10.8. The van der Waals surface area contributed by atoms with E-state index in [-0.39, 0.29) is 28.3 Å². The van der Waals surface area contributed by atoms with E-state index in [1.165, 1.54) is 26.0 Å². The van der Waals surface area contributed by atoms with Crippen molar-refractivity contribution in [2.24, 2.45) is 0 Å². The maximum absolute atomic E-state index is 13.4. The topological polar surface area (TPSA) is 89.8 Å². The van der Waals surface area contributed by atoms with Crippen molar-refractivity contribution in [1.29, 1.82) is 0 Å². The average Bonchev–Trinajstić information content (AvgIpc) is 3.15. The van der Waals surface area contributed by atoms with Crippen LogP contribution in [0.25, 0.3) is 16.6 Å². The summed E-state index contributed by atoms with van der Waals surface area (Å²) >= 11 is 6.73. The second-order valence-electron chi connectivity index (χ2n) is 9.85. The summed E-state index contributed by atoms with van der Waals surface area (Å²) in [7, 11) is 0. The molecule has 0 spiro atoms. The standard InChI is InChI=1S/C29H26ClF3N2O5/c1-16(2)39-19-11-7-18(8-12-19)35-23-14-13-21(40-20-9-5-17(6-10-20)29(31,32)33)15-22(23)24(30)25(35)26(36)34-28(3,4)27(37)38/h5-16H,1-4H3,(H,34,36)(H,37,38). The first-order chi connectivity index (χ1) is 18.7. The molecule has 0 bridgehead atoms. The van der Waals surface area contributed by atoms with E-state index in [0.717, 1.165) is 12.1 Å². The third-order valence-electron chi connectivity index (χ3n) is 5.94. The minimum Gasteiger partial charge on any atom is -0.491 e. The number of benzene rings is 3. The molecule has 7 nitrogen and oxygen atoms in total. The number of carboxylic acid groups (broad SMARTS) is 1. The molecule has 0 aliphatic heterocycles. The van der Waals surface area contributed by atoms with Gasteiger partial charge in [-0.15, -0.1) is 0 Å². The Labute approximate surface area is 233 Å². The van der Waals surface area contributed by atoms with Crippen LogP contribution in [-0.4, -0.2) is 33.2 Å². The van der Waals surface area contributed by atoms with Crippen LogP contribution in [0.4, 0.5) is 13.2 Å². The van der Waals surface area contributed by atoms with Gasteiger partial charge in [-0.25, -0.2) is 4.79 Å². The summed E-state index contributed by atoms with van der Waals surface area (Å²) in [4.78, 5) is 25.1. The van der Waals surface area contributed by atoms with Gasteiger partial charge in [0.2, 0.25) is 0 Å². The van der Waals surface area contributed by atoms with Crippen LogP contribution in [0, 0.1) is 0 Å². The number of amides is 1. The number of fused-ring (bicyclic) bond motifs is 1. The molecule has 40 heavy (non-hydrogen) atoms. The van der Waals surface area contributed by atoms with E-state index in [2.05, 4.69) is 5.32 Å². The molecule has 1 amide bonds. The summed E-state index contributed by atoms with van der Waals surface area (Å²) in [6.07, 6.45) is -4.52. The van der Waals surface area contributed by atoms with Crippen molar-refractivity contribution in [3.8, 4) is 22.9 Å². The van der Waals surface area contributed by atoms with Gasteiger partial charge < -0.3 is 24.5 Å². The van der Waals surface area contributed by atoms with E-state index in [1.54, 1.807) is 47.0 Å². The maximum Gasteiger partial charge on any atom is 0.416 e. The zero-order valence-corrected chi connectivity index (χ0v) is 22.7. The largest absolute Gasteiger partial charge is 0.491 e. The zero-order chi connectivity index (χ0) is 29.4. The zero-order valence-electron chi connectivity index (χ0n) is 22.0. The lowest BCUT2D eigenvalue weighted by molar-refractivity contribution is -0.143. The van der Waals surface area contributed by atoms with Crippen molar-refractivity contribution in [2.75, 3.05) is 0 Å². The third-order valence-corrected chi connectivity index (χ3v) is 6.32. The van der Waals surface area contributed by atoms with Crippen LogP contribution in [0.2, 0.25) is 5.02 Å². The Bertz CT molecular complexity index is 1560. The van der Waals surface area contributed by atoms with Crippen molar-refractivity contribution in [3.63, 3.8) is 0 Å². The van der Waals surface area contributed by atoms with Crippen molar-refractivity contribution in [1.82, 2.24) is 9.88 Å². The fraction of sp³-hybridized carbons (Fsp3) is 0.241. The van der Waals surface area contributed by atoms with Gasteiger partial charge in [-0.3, -0.25) is 4.79 Å². The number of aliphatic carboxylic acids is 1. The lowest BCUT2D eigenvalue weighted by Gasteiger charge is -2.22. The summed E-state index contributed by atoms with van der Waals surface area (Å²) in [5.41, 5.74) is -1.33. The van der Waals surface area contributed by atoms with Crippen LogP contribution in [0.1, 0.15) is 43.7 Å². The molecule has 1 aromatic heterocycles. The Kier molecular flexibility index (Phi) is 7.76. The number of nitrogens with zero attached hydrogens (tertiary/aromatic N) is 1. The Morgan fingerprint density at radius 2 is 1.50 bits per heavy atom. The highest BCUT2D eigenvalue weighted by molar-refractivity contribution is 6.39. The number of hydrogen-bond donors (Lipinski definition) is 2. The summed E-state index contributed by atoms with van der Waals surface area (Å²) in [5, 5.41) is 12.5. The third kappa shape index (κ3) is 6.02.